The second kappa shape index (κ2) is 8.07. The van der Waals surface area contributed by atoms with Crippen molar-refractivity contribution in [2.24, 2.45) is 5.92 Å². The van der Waals surface area contributed by atoms with E-state index in [1.165, 1.54) is 30.9 Å². The first-order valence-electron chi connectivity index (χ1n) is 9.70. The molecule has 0 spiro atoms. The molecule has 0 saturated carbocycles. The molecule has 0 fully saturated rings. The summed E-state index contributed by atoms with van der Waals surface area (Å²) in [6.45, 7) is 0. The highest BCUT2D eigenvalue weighted by Gasteiger charge is 2.46. The largest absolute Gasteiger partial charge is 0.497 e. The van der Waals surface area contributed by atoms with Gasteiger partial charge in [-0.2, -0.15) is 13.2 Å². The number of carboxylic acid groups (broad SMARTS) is 1. The lowest BCUT2D eigenvalue weighted by molar-refractivity contribution is -0.176. The Morgan fingerprint density at radius 3 is 2.65 bits per heavy atom. The number of carbonyl (C=O) groups is 1. The van der Waals surface area contributed by atoms with Crippen LogP contribution < -0.4 is 14.4 Å². The molecule has 2 unspecified atom stereocenters. The van der Waals surface area contributed by atoms with Crippen LogP contribution in [0.2, 0.25) is 0 Å². The zero-order chi connectivity index (χ0) is 22.3. The average Bonchev–Trinajstić information content (AvgIpc) is 3.36. The van der Waals surface area contributed by atoms with Gasteiger partial charge in [-0.25, -0.2) is 9.78 Å². The van der Waals surface area contributed by atoms with Gasteiger partial charge < -0.3 is 19.5 Å². The van der Waals surface area contributed by atoms with Crippen LogP contribution in [0.4, 0.5) is 18.3 Å². The quantitative estimate of drug-likeness (QED) is 0.650. The summed E-state index contributed by atoms with van der Waals surface area (Å²) in [5.41, 5.74) is 2.24. The molecule has 2 aliphatic rings. The van der Waals surface area contributed by atoms with Gasteiger partial charge in [0.2, 0.25) is 0 Å². The van der Waals surface area contributed by atoms with Crippen LogP contribution in [0.3, 0.4) is 0 Å². The smallest absolute Gasteiger partial charge is 0.392 e. The van der Waals surface area contributed by atoms with Crippen LogP contribution >= 0.6 is 11.3 Å². The van der Waals surface area contributed by atoms with Gasteiger partial charge in [0.05, 0.1) is 26.2 Å². The normalized spacial score (nSPS) is 21.3. The van der Waals surface area contributed by atoms with Gasteiger partial charge in [0.15, 0.2) is 10.8 Å². The first-order valence-corrected chi connectivity index (χ1v) is 10.6. The summed E-state index contributed by atoms with van der Waals surface area (Å²) < 4.78 is 51.0. The van der Waals surface area contributed by atoms with Crippen molar-refractivity contribution >= 4 is 22.4 Å². The van der Waals surface area contributed by atoms with Crippen molar-refractivity contribution < 1.29 is 32.5 Å². The molecule has 4 rings (SSSR count). The number of halogens is 3. The molecule has 1 aliphatic carbocycles. The summed E-state index contributed by atoms with van der Waals surface area (Å²) in [6, 6.07) is 5.00. The number of aromatic nitrogens is 1. The van der Waals surface area contributed by atoms with Gasteiger partial charge in [-0.3, -0.25) is 0 Å². The third-order valence-electron chi connectivity index (χ3n) is 5.85. The number of rotatable bonds is 5. The van der Waals surface area contributed by atoms with Crippen molar-refractivity contribution in [2.75, 3.05) is 19.1 Å². The van der Waals surface area contributed by atoms with Gasteiger partial charge in [-0.1, -0.05) is 0 Å². The van der Waals surface area contributed by atoms with Crippen molar-refractivity contribution in [1.29, 1.82) is 0 Å². The summed E-state index contributed by atoms with van der Waals surface area (Å²) >= 11 is 1.17. The lowest BCUT2D eigenvalue weighted by Crippen LogP contribution is -2.28. The number of thiazole rings is 1. The lowest BCUT2D eigenvalue weighted by atomic mass is 9.85. The Morgan fingerprint density at radius 2 is 2.03 bits per heavy atom. The van der Waals surface area contributed by atoms with Crippen molar-refractivity contribution in [3.63, 3.8) is 0 Å². The molecule has 1 aromatic heterocycles. The lowest BCUT2D eigenvalue weighted by Gasteiger charge is -2.31. The Morgan fingerprint density at radius 1 is 1.26 bits per heavy atom. The Hall–Kier alpha value is -2.75. The molecule has 0 bridgehead atoms. The van der Waals surface area contributed by atoms with Gasteiger partial charge in [-0.15, -0.1) is 11.3 Å². The van der Waals surface area contributed by atoms with E-state index in [-0.39, 0.29) is 31.0 Å². The highest BCUT2D eigenvalue weighted by Crippen LogP contribution is 2.53. The summed E-state index contributed by atoms with van der Waals surface area (Å²) in [5.74, 6) is -1.36. The highest BCUT2D eigenvalue weighted by atomic mass is 32.1. The molecule has 0 saturated heterocycles. The summed E-state index contributed by atoms with van der Waals surface area (Å²) in [5, 5.41) is 11.2. The van der Waals surface area contributed by atoms with Crippen molar-refractivity contribution in [3.05, 3.63) is 46.1 Å². The van der Waals surface area contributed by atoms with Crippen LogP contribution in [0, 0.1) is 5.92 Å². The Kier molecular flexibility index (Phi) is 5.59. The van der Waals surface area contributed by atoms with Crippen LogP contribution in [0.1, 0.15) is 47.8 Å². The number of aromatic carboxylic acids is 1. The standard InChI is InChI=1S/C21H21F3N2O4S/c1-29-13-4-5-14(18(9-13)30-2)17-8-11-7-12(21(22,23)24)3-6-16(11)26(17)20-25-15(10-31-20)19(27)28/h4-5,9-10,12,17H,3,6-8H2,1-2H3,(H,27,28). The number of benzene rings is 1. The number of allylic oxidation sites excluding steroid dienone is 1. The fraction of sp³-hybridized carbons (Fsp3) is 0.429. The van der Waals surface area contributed by atoms with E-state index in [0.717, 1.165) is 16.8 Å². The van der Waals surface area contributed by atoms with Gasteiger partial charge in [-0.05, 0) is 43.4 Å². The minimum Gasteiger partial charge on any atom is -0.497 e. The predicted molar refractivity (Wildman–Crippen MR) is 109 cm³/mol. The average molecular weight is 454 g/mol. The van der Waals surface area contributed by atoms with Crippen LogP contribution in [0.25, 0.3) is 0 Å². The molecule has 31 heavy (non-hydrogen) atoms. The molecule has 6 nitrogen and oxygen atoms in total. The Labute approximate surface area is 180 Å². The van der Waals surface area contributed by atoms with Crippen LogP contribution in [0.15, 0.2) is 34.8 Å². The first kappa shape index (κ1) is 21.5. The van der Waals surface area contributed by atoms with E-state index in [4.69, 9.17) is 9.47 Å². The van der Waals surface area contributed by atoms with E-state index in [2.05, 4.69) is 4.98 Å². The van der Waals surface area contributed by atoms with Gasteiger partial charge in [0.25, 0.3) is 0 Å². The maximum absolute atomic E-state index is 13.4. The van der Waals surface area contributed by atoms with E-state index < -0.39 is 18.1 Å². The van der Waals surface area contributed by atoms with E-state index >= 15 is 0 Å². The summed E-state index contributed by atoms with van der Waals surface area (Å²) in [6.07, 6.45) is -3.64. The number of nitrogens with zero attached hydrogens (tertiary/aromatic N) is 2. The summed E-state index contributed by atoms with van der Waals surface area (Å²) in [4.78, 5) is 17.5. The third kappa shape index (κ3) is 3.96. The Balaban J connectivity index is 1.77. The molecular formula is C21H21F3N2O4S. The zero-order valence-corrected chi connectivity index (χ0v) is 17.7. The number of methoxy groups -OCH3 is 2. The topological polar surface area (TPSA) is 71.9 Å². The molecule has 1 aromatic carbocycles. The number of anilines is 1. The zero-order valence-electron chi connectivity index (χ0n) is 16.9. The molecule has 1 aliphatic heterocycles. The molecule has 2 heterocycles. The minimum atomic E-state index is -4.24. The van der Waals surface area contributed by atoms with Gasteiger partial charge >= 0.3 is 12.1 Å². The molecule has 2 atom stereocenters. The number of hydrogen-bond acceptors (Lipinski definition) is 6. The van der Waals surface area contributed by atoms with E-state index in [1.54, 1.807) is 12.1 Å². The van der Waals surface area contributed by atoms with E-state index in [0.29, 0.717) is 23.1 Å². The fourth-order valence-corrected chi connectivity index (χ4v) is 5.23. The van der Waals surface area contributed by atoms with Crippen molar-refractivity contribution in [2.45, 2.75) is 37.9 Å². The van der Waals surface area contributed by atoms with Crippen LogP contribution in [-0.2, 0) is 0 Å². The SMILES string of the molecule is COc1ccc(C2CC3=C(CCC(C(F)(F)F)C3)N2c2nc(C(=O)O)cs2)c(OC)c1. The minimum absolute atomic E-state index is 0.00244. The predicted octanol–water partition coefficient (Wildman–Crippen LogP) is 5.43. The van der Waals surface area contributed by atoms with E-state index in [9.17, 15) is 23.1 Å². The highest BCUT2D eigenvalue weighted by molar-refractivity contribution is 7.14. The van der Waals surface area contributed by atoms with Gasteiger partial charge in [0, 0.05) is 22.7 Å². The maximum Gasteiger partial charge on any atom is 0.392 e. The molecule has 2 aromatic rings. The number of alkyl halides is 3. The third-order valence-corrected chi connectivity index (χ3v) is 6.69. The van der Waals surface area contributed by atoms with Crippen LogP contribution in [-0.4, -0.2) is 36.5 Å². The molecule has 10 heteroatoms. The fourth-order valence-electron chi connectivity index (χ4n) is 4.35. The first-order chi connectivity index (χ1) is 14.7. The second-order valence-electron chi connectivity index (χ2n) is 7.55. The van der Waals surface area contributed by atoms with Gasteiger partial charge in [0.1, 0.15) is 11.5 Å². The Bertz CT molecular complexity index is 1030. The molecule has 0 radical (unpaired) electrons. The molecular weight excluding hydrogens is 433 g/mol. The molecule has 166 valence electrons. The van der Waals surface area contributed by atoms with Crippen LogP contribution in [0.5, 0.6) is 11.5 Å². The number of ether oxygens (including phenoxy) is 2. The maximum atomic E-state index is 13.4. The van der Waals surface area contributed by atoms with E-state index in [1.807, 2.05) is 11.0 Å². The molecule has 0 amide bonds. The van der Waals surface area contributed by atoms with Crippen molar-refractivity contribution in [1.82, 2.24) is 4.98 Å². The monoisotopic (exact) mass is 454 g/mol. The second-order valence-corrected chi connectivity index (χ2v) is 8.39. The number of hydrogen-bond donors (Lipinski definition) is 1. The van der Waals surface area contributed by atoms with Crippen molar-refractivity contribution in [3.8, 4) is 11.5 Å². The molecule has 1 N–H and O–H groups in total. The number of carboxylic acids is 1. The summed E-state index contributed by atoms with van der Waals surface area (Å²) in [7, 11) is 3.06.